The number of H-pyrrole nitrogens is 1. The highest BCUT2D eigenvalue weighted by Crippen LogP contribution is 2.22. The van der Waals surface area contributed by atoms with E-state index in [0.717, 1.165) is 11.1 Å². The molecule has 0 spiro atoms. The fourth-order valence-electron chi connectivity index (χ4n) is 2.44. The van der Waals surface area contributed by atoms with E-state index in [1.54, 1.807) is 0 Å². The van der Waals surface area contributed by atoms with Crippen molar-refractivity contribution in [1.29, 1.82) is 0 Å². The van der Waals surface area contributed by atoms with E-state index in [9.17, 15) is 9.18 Å². The number of hydrogen-bond donors (Lipinski definition) is 2. The van der Waals surface area contributed by atoms with Crippen molar-refractivity contribution >= 4 is 11.6 Å². The average Bonchev–Trinajstić information content (AvgIpc) is 3.10. The molecule has 0 saturated heterocycles. The van der Waals surface area contributed by atoms with Crippen molar-refractivity contribution in [3.05, 3.63) is 71.3 Å². The fourth-order valence-corrected chi connectivity index (χ4v) is 2.44. The first-order valence-corrected chi connectivity index (χ1v) is 7.48. The lowest BCUT2D eigenvalue weighted by molar-refractivity contribution is -0.117. The third-order valence-corrected chi connectivity index (χ3v) is 3.79. The van der Waals surface area contributed by atoms with Gasteiger partial charge in [-0.3, -0.25) is 4.79 Å². The number of carbonyl (C=O) groups excluding carboxylic acids is 1. The summed E-state index contributed by atoms with van der Waals surface area (Å²) in [5.41, 5.74) is 2.63. The van der Waals surface area contributed by atoms with Crippen LogP contribution in [0.4, 0.5) is 10.1 Å². The molecule has 122 valence electrons. The number of nitrogens with one attached hydrogen (secondary N) is 2. The van der Waals surface area contributed by atoms with E-state index in [-0.39, 0.29) is 11.7 Å². The highest BCUT2D eigenvalue weighted by molar-refractivity contribution is 5.95. The standard InChI is InChI=1S/C17H16FN5O/c1-11-4-2-3-5-12(11)10-15(16-20-22-23-21-16)17(24)19-14-8-6-13(18)7-9-14/h2-9,15H,10H2,1H3,(H,19,24)(H,20,21,22,23)/t15-/m1/s1. The molecule has 0 radical (unpaired) electrons. The van der Waals surface area contributed by atoms with Gasteiger partial charge in [0.2, 0.25) is 5.91 Å². The molecule has 2 aromatic carbocycles. The summed E-state index contributed by atoms with van der Waals surface area (Å²) >= 11 is 0. The molecule has 1 atom stereocenters. The van der Waals surface area contributed by atoms with Crippen molar-refractivity contribution in [2.45, 2.75) is 19.3 Å². The molecule has 0 aliphatic heterocycles. The maximum Gasteiger partial charge on any atom is 0.235 e. The molecule has 1 amide bonds. The topological polar surface area (TPSA) is 83.6 Å². The third kappa shape index (κ3) is 3.62. The van der Waals surface area contributed by atoms with Crippen LogP contribution in [0.2, 0.25) is 0 Å². The molecule has 2 N–H and O–H groups in total. The van der Waals surface area contributed by atoms with Gasteiger partial charge < -0.3 is 5.32 Å². The zero-order valence-electron chi connectivity index (χ0n) is 13.0. The molecule has 3 aromatic rings. The van der Waals surface area contributed by atoms with Gasteiger partial charge in [-0.15, -0.1) is 10.2 Å². The second-order valence-electron chi connectivity index (χ2n) is 5.45. The minimum atomic E-state index is -0.602. The summed E-state index contributed by atoms with van der Waals surface area (Å²) in [6, 6.07) is 13.4. The fraction of sp³-hybridized carbons (Fsp3) is 0.176. The van der Waals surface area contributed by atoms with Gasteiger partial charge in [-0.1, -0.05) is 29.5 Å². The van der Waals surface area contributed by atoms with Crippen molar-refractivity contribution in [2.75, 3.05) is 5.32 Å². The van der Waals surface area contributed by atoms with Gasteiger partial charge in [0.05, 0.1) is 0 Å². The van der Waals surface area contributed by atoms with Gasteiger partial charge in [0.15, 0.2) is 5.82 Å². The molecule has 0 fully saturated rings. The number of aromatic amines is 1. The molecule has 1 aromatic heterocycles. The van der Waals surface area contributed by atoms with Gasteiger partial charge in [-0.25, -0.2) is 4.39 Å². The molecule has 7 heteroatoms. The SMILES string of the molecule is Cc1ccccc1C[C@@H](C(=O)Nc1ccc(F)cc1)c1nn[nH]n1. The summed E-state index contributed by atoms with van der Waals surface area (Å²) in [5.74, 6) is -0.915. The first-order chi connectivity index (χ1) is 11.6. The number of halogens is 1. The predicted molar refractivity (Wildman–Crippen MR) is 86.8 cm³/mol. The largest absolute Gasteiger partial charge is 0.325 e. The number of aromatic nitrogens is 4. The van der Waals surface area contributed by atoms with Crippen LogP contribution >= 0.6 is 0 Å². The maximum atomic E-state index is 13.0. The highest BCUT2D eigenvalue weighted by Gasteiger charge is 2.26. The number of hydrogen-bond acceptors (Lipinski definition) is 4. The van der Waals surface area contributed by atoms with Gasteiger partial charge >= 0.3 is 0 Å². The molecular formula is C17H16FN5O. The average molecular weight is 325 g/mol. The van der Waals surface area contributed by atoms with Gasteiger partial charge in [-0.2, -0.15) is 5.21 Å². The lowest BCUT2D eigenvalue weighted by Gasteiger charge is -2.15. The third-order valence-electron chi connectivity index (χ3n) is 3.79. The van der Waals surface area contributed by atoms with Gasteiger partial charge in [0, 0.05) is 5.69 Å². The number of benzene rings is 2. The van der Waals surface area contributed by atoms with Crippen LogP contribution in [0, 0.1) is 12.7 Å². The number of aryl methyl sites for hydroxylation is 1. The number of carbonyl (C=O) groups is 1. The van der Waals surface area contributed by atoms with Gasteiger partial charge in [-0.05, 0) is 48.7 Å². The number of amides is 1. The van der Waals surface area contributed by atoms with Gasteiger partial charge in [0.25, 0.3) is 0 Å². The number of nitrogens with zero attached hydrogens (tertiary/aromatic N) is 3. The Hall–Kier alpha value is -3.09. The highest BCUT2D eigenvalue weighted by atomic mass is 19.1. The van der Waals surface area contributed by atoms with Crippen molar-refractivity contribution < 1.29 is 9.18 Å². The zero-order valence-corrected chi connectivity index (χ0v) is 13.0. The molecular weight excluding hydrogens is 309 g/mol. The Bertz CT molecular complexity index is 817. The Morgan fingerprint density at radius 2 is 1.96 bits per heavy atom. The molecule has 0 saturated carbocycles. The zero-order chi connectivity index (χ0) is 16.9. The predicted octanol–water partition coefficient (Wildman–Crippen LogP) is 2.61. The van der Waals surface area contributed by atoms with E-state index in [0.29, 0.717) is 17.9 Å². The van der Waals surface area contributed by atoms with E-state index in [1.807, 2.05) is 31.2 Å². The van der Waals surface area contributed by atoms with E-state index in [1.165, 1.54) is 24.3 Å². The molecule has 0 bridgehead atoms. The van der Waals surface area contributed by atoms with Crippen molar-refractivity contribution in [3.8, 4) is 0 Å². The summed E-state index contributed by atoms with van der Waals surface area (Å²) in [6.07, 6.45) is 0.444. The van der Waals surface area contributed by atoms with Gasteiger partial charge in [0.1, 0.15) is 11.7 Å². The maximum absolute atomic E-state index is 13.0. The first-order valence-electron chi connectivity index (χ1n) is 7.48. The van der Waals surface area contributed by atoms with Crippen molar-refractivity contribution in [2.24, 2.45) is 0 Å². The Morgan fingerprint density at radius 3 is 2.62 bits per heavy atom. The minimum absolute atomic E-state index is 0.272. The quantitative estimate of drug-likeness (QED) is 0.755. The normalized spacial score (nSPS) is 11.9. The molecule has 6 nitrogen and oxygen atoms in total. The molecule has 24 heavy (non-hydrogen) atoms. The Labute approximate surface area is 138 Å². The minimum Gasteiger partial charge on any atom is -0.325 e. The smallest absolute Gasteiger partial charge is 0.235 e. The van der Waals surface area contributed by atoms with Crippen LogP contribution in [0.25, 0.3) is 0 Å². The summed E-state index contributed by atoms with van der Waals surface area (Å²) in [4.78, 5) is 12.7. The van der Waals surface area contributed by atoms with Crippen LogP contribution in [-0.2, 0) is 11.2 Å². The molecule has 0 unspecified atom stereocenters. The van der Waals surface area contributed by atoms with Crippen LogP contribution in [-0.4, -0.2) is 26.5 Å². The van der Waals surface area contributed by atoms with Crippen LogP contribution in [0.15, 0.2) is 48.5 Å². The van der Waals surface area contributed by atoms with Crippen LogP contribution in [0.1, 0.15) is 22.9 Å². The Balaban J connectivity index is 1.83. The molecule has 1 heterocycles. The summed E-state index contributed by atoms with van der Waals surface area (Å²) in [7, 11) is 0. The van der Waals surface area contributed by atoms with E-state index in [2.05, 4.69) is 25.9 Å². The molecule has 3 rings (SSSR count). The molecule has 0 aliphatic carbocycles. The second kappa shape index (κ2) is 6.99. The lowest BCUT2D eigenvalue weighted by Crippen LogP contribution is -2.24. The summed E-state index contributed by atoms with van der Waals surface area (Å²) in [6.45, 7) is 1.99. The first kappa shape index (κ1) is 15.8. The Kier molecular flexibility index (Phi) is 4.60. The number of rotatable bonds is 5. The summed E-state index contributed by atoms with van der Waals surface area (Å²) in [5, 5.41) is 16.6. The van der Waals surface area contributed by atoms with E-state index < -0.39 is 5.92 Å². The van der Waals surface area contributed by atoms with Crippen molar-refractivity contribution in [3.63, 3.8) is 0 Å². The summed E-state index contributed by atoms with van der Waals surface area (Å²) < 4.78 is 13.0. The Morgan fingerprint density at radius 1 is 1.21 bits per heavy atom. The monoisotopic (exact) mass is 325 g/mol. The van der Waals surface area contributed by atoms with Crippen LogP contribution in [0.5, 0.6) is 0 Å². The second-order valence-corrected chi connectivity index (χ2v) is 5.45. The van der Waals surface area contributed by atoms with E-state index >= 15 is 0 Å². The number of tetrazole rings is 1. The van der Waals surface area contributed by atoms with E-state index in [4.69, 9.17) is 0 Å². The van der Waals surface area contributed by atoms with Crippen molar-refractivity contribution in [1.82, 2.24) is 20.6 Å². The lowest BCUT2D eigenvalue weighted by atomic mass is 9.94. The number of anilines is 1. The van der Waals surface area contributed by atoms with Crippen LogP contribution < -0.4 is 5.32 Å². The molecule has 0 aliphatic rings. The van der Waals surface area contributed by atoms with Crippen LogP contribution in [0.3, 0.4) is 0 Å².